The predicted molar refractivity (Wildman–Crippen MR) is 173 cm³/mol. The van der Waals surface area contributed by atoms with Gasteiger partial charge in [0, 0.05) is 41.1 Å². The van der Waals surface area contributed by atoms with Crippen molar-refractivity contribution in [1.82, 2.24) is 4.98 Å². The van der Waals surface area contributed by atoms with Crippen LogP contribution in [0.5, 0.6) is 0 Å². The van der Waals surface area contributed by atoms with E-state index in [4.69, 9.17) is 18.9 Å². The number of aromatic nitrogens is 1. The van der Waals surface area contributed by atoms with Crippen LogP contribution in [0.4, 0.5) is 13.2 Å². The molecule has 43 heavy (non-hydrogen) atoms. The van der Waals surface area contributed by atoms with E-state index in [1.807, 2.05) is 0 Å². The first-order chi connectivity index (χ1) is 20.0. The number of fused-ring (bicyclic) bond motifs is 4. The number of ether oxygens (including phenoxy) is 2. The Labute approximate surface area is 269 Å². The summed E-state index contributed by atoms with van der Waals surface area (Å²) in [6.45, 7) is 17.0. The lowest BCUT2D eigenvalue weighted by Crippen LogP contribution is -2.48. The standard InChI is InChI=1S/C34H45F3INO3Si/c1-20(2)29-27-28(26-23(39-29)17-32(13-8-14-32)18-24(26)42-43(6,7)31(3,4)5)33(15-16-40-19-25(33)38)41-30(27)21-9-11-22(12-10-21)34(35,36)37/h9-12,20,24-25,30H,8,13-19H2,1-7H3/t24-,25?,30+,33?/m0/s1. The van der Waals surface area contributed by atoms with Crippen molar-refractivity contribution in [3.05, 3.63) is 63.5 Å². The Morgan fingerprint density at radius 3 is 2.26 bits per heavy atom. The van der Waals surface area contributed by atoms with Gasteiger partial charge in [0.25, 0.3) is 0 Å². The summed E-state index contributed by atoms with van der Waals surface area (Å²) in [5.41, 5.74) is 5.31. The fraction of sp³-hybridized carbons (Fsp3) is 0.676. The molecule has 4 nitrogen and oxygen atoms in total. The number of benzene rings is 1. The second-order valence-electron chi connectivity index (χ2n) is 15.2. The summed E-state index contributed by atoms with van der Waals surface area (Å²) in [5, 5.41) is 0.0489. The smallest absolute Gasteiger partial charge is 0.410 e. The average molecular weight is 728 g/mol. The number of alkyl halides is 4. The minimum absolute atomic E-state index is 0.0386. The molecule has 9 heteroatoms. The van der Waals surface area contributed by atoms with Crippen LogP contribution in [-0.4, -0.2) is 30.4 Å². The summed E-state index contributed by atoms with van der Waals surface area (Å²) in [6, 6.07) is 5.54. The predicted octanol–water partition coefficient (Wildman–Crippen LogP) is 9.94. The summed E-state index contributed by atoms with van der Waals surface area (Å²) in [4.78, 5) is 5.48. The van der Waals surface area contributed by atoms with Crippen LogP contribution in [0.3, 0.4) is 0 Å². The Morgan fingerprint density at radius 2 is 1.72 bits per heavy atom. The summed E-state index contributed by atoms with van der Waals surface area (Å²) in [6.07, 6.45) is 1.33. The number of halogens is 4. The molecular formula is C34H45F3INO3Si. The van der Waals surface area contributed by atoms with Crippen molar-refractivity contribution in [3.63, 3.8) is 0 Å². The highest BCUT2D eigenvalue weighted by atomic mass is 127. The van der Waals surface area contributed by atoms with E-state index in [9.17, 15) is 13.2 Å². The Balaban J connectivity index is 1.60. The third-order valence-corrected chi connectivity index (χ3v) is 16.9. The number of rotatable bonds is 4. The zero-order valence-corrected chi connectivity index (χ0v) is 29.6. The molecule has 2 aliphatic carbocycles. The van der Waals surface area contributed by atoms with Gasteiger partial charge < -0.3 is 13.9 Å². The topological polar surface area (TPSA) is 40.6 Å². The van der Waals surface area contributed by atoms with Gasteiger partial charge in [-0.3, -0.25) is 4.98 Å². The van der Waals surface area contributed by atoms with E-state index < -0.39 is 31.8 Å². The van der Waals surface area contributed by atoms with Crippen LogP contribution in [0, 0.1) is 5.41 Å². The first kappa shape index (κ1) is 31.9. The SMILES string of the molecule is CC(C)c1nc2c(c3c1[C@@H](c1ccc(C(F)(F)F)cc1)OC31CCOCC1I)[C@@H](O[Si](C)(C)C(C)(C)C)CC1(CCC1)C2. The second-order valence-corrected chi connectivity index (χ2v) is 21.5. The molecular weight excluding hydrogens is 682 g/mol. The molecule has 1 aromatic heterocycles. The third-order valence-electron chi connectivity index (χ3n) is 11.0. The van der Waals surface area contributed by atoms with Gasteiger partial charge in [0.2, 0.25) is 0 Å². The Morgan fingerprint density at radius 1 is 1.05 bits per heavy atom. The average Bonchev–Trinajstić information content (AvgIpc) is 3.23. The monoisotopic (exact) mass is 727 g/mol. The lowest BCUT2D eigenvalue weighted by molar-refractivity contribution is -0.137. The van der Waals surface area contributed by atoms with Gasteiger partial charge in [-0.15, -0.1) is 0 Å². The van der Waals surface area contributed by atoms with E-state index in [1.54, 1.807) is 12.1 Å². The molecule has 4 atom stereocenters. The highest BCUT2D eigenvalue weighted by Crippen LogP contribution is 2.62. The van der Waals surface area contributed by atoms with Crippen LogP contribution >= 0.6 is 22.6 Å². The molecule has 6 rings (SSSR count). The van der Waals surface area contributed by atoms with Crippen molar-refractivity contribution in [3.8, 4) is 0 Å². The number of hydrogen-bond acceptors (Lipinski definition) is 4. The molecule has 1 saturated heterocycles. The van der Waals surface area contributed by atoms with Gasteiger partial charge in [0.15, 0.2) is 8.32 Å². The van der Waals surface area contributed by atoms with Crippen molar-refractivity contribution in [2.75, 3.05) is 13.2 Å². The van der Waals surface area contributed by atoms with E-state index in [2.05, 4.69) is 70.3 Å². The molecule has 2 unspecified atom stereocenters. The molecule has 1 aromatic carbocycles. The van der Waals surface area contributed by atoms with Gasteiger partial charge in [-0.05, 0) is 72.8 Å². The van der Waals surface area contributed by atoms with Gasteiger partial charge in [0.1, 0.15) is 11.7 Å². The van der Waals surface area contributed by atoms with Crippen LogP contribution < -0.4 is 0 Å². The fourth-order valence-electron chi connectivity index (χ4n) is 7.47. The Bertz CT molecular complexity index is 1380. The van der Waals surface area contributed by atoms with Crippen molar-refractivity contribution >= 4 is 30.9 Å². The van der Waals surface area contributed by atoms with E-state index in [0.717, 1.165) is 35.4 Å². The maximum absolute atomic E-state index is 13.5. The Kier molecular flexibility index (Phi) is 8.01. The van der Waals surface area contributed by atoms with Crippen LogP contribution in [-0.2, 0) is 32.1 Å². The molecule has 3 heterocycles. The molecule has 4 aliphatic rings. The van der Waals surface area contributed by atoms with Crippen LogP contribution in [0.1, 0.15) is 124 Å². The largest absolute Gasteiger partial charge is 0.416 e. The highest BCUT2D eigenvalue weighted by molar-refractivity contribution is 14.1. The molecule has 236 valence electrons. The van der Waals surface area contributed by atoms with Gasteiger partial charge in [0.05, 0.1) is 22.2 Å². The van der Waals surface area contributed by atoms with Crippen LogP contribution in [0.2, 0.25) is 18.1 Å². The molecule has 0 bridgehead atoms. The zero-order chi connectivity index (χ0) is 31.2. The zero-order valence-electron chi connectivity index (χ0n) is 26.5. The molecule has 2 fully saturated rings. The first-order valence-electron chi connectivity index (χ1n) is 15.8. The molecule has 2 aromatic rings. The fourth-order valence-corrected chi connectivity index (χ4v) is 9.76. The molecule has 0 amide bonds. The van der Waals surface area contributed by atoms with E-state index in [1.165, 1.54) is 42.5 Å². The maximum Gasteiger partial charge on any atom is 0.416 e. The summed E-state index contributed by atoms with van der Waals surface area (Å²) in [7, 11) is -2.16. The van der Waals surface area contributed by atoms with Gasteiger partial charge in [-0.2, -0.15) is 13.2 Å². The minimum Gasteiger partial charge on any atom is -0.410 e. The molecule has 0 radical (unpaired) electrons. The van der Waals surface area contributed by atoms with Gasteiger partial charge >= 0.3 is 6.18 Å². The first-order valence-corrected chi connectivity index (χ1v) is 20.0. The van der Waals surface area contributed by atoms with Crippen molar-refractivity contribution in [1.29, 1.82) is 0 Å². The molecule has 2 aliphatic heterocycles. The summed E-state index contributed by atoms with van der Waals surface area (Å²) in [5.74, 6) is 0.126. The highest BCUT2D eigenvalue weighted by Gasteiger charge is 2.58. The number of pyridine rings is 1. The molecule has 2 spiro atoms. The van der Waals surface area contributed by atoms with E-state index >= 15 is 0 Å². The van der Waals surface area contributed by atoms with Crippen LogP contribution in [0.25, 0.3) is 0 Å². The minimum atomic E-state index is -4.39. The van der Waals surface area contributed by atoms with E-state index in [0.29, 0.717) is 19.6 Å². The van der Waals surface area contributed by atoms with E-state index in [-0.39, 0.29) is 26.4 Å². The second kappa shape index (κ2) is 10.8. The normalized spacial score (nSPS) is 28.7. The van der Waals surface area contributed by atoms with Crippen molar-refractivity contribution in [2.45, 2.75) is 125 Å². The summed E-state index contributed by atoms with van der Waals surface area (Å²) < 4.78 is 61.2. The van der Waals surface area contributed by atoms with Crippen molar-refractivity contribution < 1.29 is 27.1 Å². The Hall–Kier alpha value is -1.01. The third kappa shape index (κ3) is 5.34. The number of hydrogen-bond donors (Lipinski definition) is 0. The molecule has 0 N–H and O–H groups in total. The lowest BCUT2D eigenvalue weighted by atomic mass is 9.58. The number of nitrogens with zero attached hydrogens (tertiary/aromatic N) is 1. The quantitative estimate of drug-likeness (QED) is 0.179. The molecule has 1 saturated carbocycles. The van der Waals surface area contributed by atoms with Gasteiger partial charge in [-0.1, -0.05) is 75.8 Å². The lowest BCUT2D eigenvalue weighted by Gasteiger charge is -2.51. The van der Waals surface area contributed by atoms with Crippen molar-refractivity contribution in [2.24, 2.45) is 5.41 Å². The van der Waals surface area contributed by atoms with Crippen LogP contribution in [0.15, 0.2) is 24.3 Å². The maximum atomic E-state index is 13.5. The summed E-state index contributed by atoms with van der Waals surface area (Å²) >= 11 is 2.48. The van der Waals surface area contributed by atoms with Gasteiger partial charge in [-0.25, -0.2) is 0 Å².